The number of nitrogens with zero attached hydrogens (tertiary/aromatic N) is 2. The summed E-state index contributed by atoms with van der Waals surface area (Å²) in [5, 5.41) is 9.16. The van der Waals surface area contributed by atoms with Crippen molar-refractivity contribution in [2.24, 2.45) is 0 Å². The number of carbonyl (C=O) groups excluding carboxylic acids is 1. The molecule has 1 heterocycles. The Bertz CT molecular complexity index is 1080. The molecule has 0 atom stereocenters. The Morgan fingerprint density at radius 2 is 1.79 bits per heavy atom. The molecule has 3 aromatic rings. The van der Waals surface area contributed by atoms with Gasteiger partial charge in [0, 0.05) is 11.9 Å². The standard InChI is InChI=1S/C20H14F3N3O2/c1-28-19(27)18-17(25)13(10-24)11-26(18)14-8-6-12(7-9-14)15-4-2-3-5-16(15)20(21,22)23/h2-9,11H,25H2,1H3. The SMILES string of the molecule is COC(=O)c1c(N)c(C#N)cn1-c1ccc(-c2ccccc2C(F)(F)F)cc1. The Balaban J connectivity index is 2.09. The van der Waals surface area contributed by atoms with Crippen molar-refractivity contribution in [3.63, 3.8) is 0 Å². The monoisotopic (exact) mass is 385 g/mol. The number of hydrogen-bond donors (Lipinski definition) is 1. The Morgan fingerprint density at radius 1 is 1.14 bits per heavy atom. The number of rotatable bonds is 3. The van der Waals surface area contributed by atoms with E-state index in [1.165, 1.54) is 60.3 Å². The predicted molar refractivity (Wildman–Crippen MR) is 96.7 cm³/mol. The van der Waals surface area contributed by atoms with Gasteiger partial charge in [-0.3, -0.25) is 0 Å². The maximum atomic E-state index is 13.2. The van der Waals surface area contributed by atoms with Gasteiger partial charge in [0.25, 0.3) is 0 Å². The minimum Gasteiger partial charge on any atom is -0.464 e. The molecule has 2 aromatic carbocycles. The Labute approximate surface area is 158 Å². The van der Waals surface area contributed by atoms with Crippen LogP contribution < -0.4 is 5.73 Å². The lowest BCUT2D eigenvalue weighted by molar-refractivity contribution is -0.137. The summed E-state index contributed by atoms with van der Waals surface area (Å²) in [6, 6.07) is 13.2. The van der Waals surface area contributed by atoms with Crippen molar-refractivity contribution in [1.29, 1.82) is 5.26 Å². The van der Waals surface area contributed by atoms with Crippen LogP contribution in [0, 0.1) is 11.3 Å². The largest absolute Gasteiger partial charge is 0.464 e. The third-order valence-electron chi connectivity index (χ3n) is 4.23. The molecular formula is C20H14F3N3O2. The summed E-state index contributed by atoms with van der Waals surface area (Å²) in [7, 11) is 1.18. The molecule has 0 unspecified atom stereocenters. The number of nitrogen functional groups attached to an aromatic ring is 1. The van der Waals surface area contributed by atoms with E-state index < -0.39 is 17.7 Å². The van der Waals surface area contributed by atoms with Crippen LogP contribution in [-0.2, 0) is 10.9 Å². The van der Waals surface area contributed by atoms with E-state index in [4.69, 9.17) is 15.7 Å². The molecule has 0 saturated heterocycles. The van der Waals surface area contributed by atoms with Crippen LogP contribution in [0.5, 0.6) is 0 Å². The van der Waals surface area contributed by atoms with Gasteiger partial charge in [0.05, 0.1) is 23.9 Å². The second-order valence-electron chi connectivity index (χ2n) is 5.87. The van der Waals surface area contributed by atoms with Crippen molar-refractivity contribution in [3.05, 3.63) is 71.5 Å². The Morgan fingerprint density at radius 3 is 2.36 bits per heavy atom. The number of carbonyl (C=O) groups is 1. The number of halogens is 3. The van der Waals surface area contributed by atoms with Crippen LogP contribution in [0.25, 0.3) is 16.8 Å². The van der Waals surface area contributed by atoms with Crippen LogP contribution in [0.1, 0.15) is 21.6 Å². The molecule has 0 amide bonds. The van der Waals surface area contributed by atoms with E-state index in [1.807, 2.05) is 6.07 Å². The first kappa shape index (κ1) is 19.0. The van der Waals surface area contributed by atoms with E-state index in [-0.39, 0.29) is 22.5 Å². The van der Waals surface area contributed by atoms with E-state index in [9.17, 15) is 18.0 Å². The first-order chi connectivity index (χ1) is 13.3. The summed E-state index contributed by atoms with van der Waals surface area (Å²) in [5.74, 6) is -0.731. The minimum atomic E-state index is -4.48. The molecule has 8 heteroatoms. The number of ether oxygens (including phenoxy) is 1. The highest BCUT2D eigenvalue weighted by Gasteiger charge is 2.33. The summed E-state index contributed by atoms with van der Waals surface area (Å²) < 4.78 is 45.8. The number of alkyl halides is 3. The van der Waals surface area contributed by atoms with E-state index in [1.54, 1.807) is 0 Å². The highest BCUT2D eigenvalue weighted by Crippen LogP contribution is 2.37. The van der Waals surface area contributed by atoms with Crippen LogP contribution >= 0.6 is 0 Å². The summed E-state index contributed by atoms with van der Waals surface area (Å²) in [5.41, 5.74) is 5.99. The van der Waals surface area contributed by atoms with Crippen molar-refractivity contribution in [3.8, 4) is 22.9 Å². The maximum absolute atomic E-state index is 13.2. The van der Waals surface area contributed by atoms with Crippen LogP contribution in [0.2, 0.25) is 0 Å². The predicted octanol–water partition coefficient (Wildman–Crippen LogP) is 4.40. The number of nitrogens with two attached hydrogens (primary N) is 1. The van der Waals surface area contributed by atoms with Crippen LogP contribution in [0.15, 0.2) is 54.7 Å². The number of aromatic nitrogens is 1. The summed E-state index contributed by atoms with van der Waals surface area (Å²) in [4.78, 5) is 12.0. The first-order valence-electron chi connectivity index (χ1n) is 8.04. The van der Waals surface area contributed by atoms with Crippen LogP contribution in [0.3, 0.4) is 0 Å². The van der Waals surface area contributed by atoms with E-state index >= 15 is 0 Å². The Kier molecular flexibility index (Phi) is 4.84. The van der Waals surface area contributed by atoms with E-state index in [2.05, 4.69) is 0 Å². The summed E-state index contributed by atoms with van der Waals surface area (Å²) in [6.07, 6.45) is -3.11. The molecule has 0 bridgehead atoms. The smallest absolute Gasteiger partial charge is 0.417 e. The molecule has 0 fully saturated rings. The lowest BCUT2D eigenvalue weighted by Crippen LogP contribution is -2.11. The fraction of sp³-hybridized carbons (Fsp3) is 0.100. The topological polar surface area (TPSA) is 81.0 Å². The van der Waals surface area contributed by atoms with Gasteiger partial charge < -0.3 is 15.0 Å². The van der Waals surface area contributed by atoms with Gasteiger partial charge >= 0.3 is 12.1 Å². The molecule has 3 rings (SSSR count). The quantitative estimate of drug-likeness (QED) is 0.678. The van der Waals surface area contributed by atoms with Gasteiger partial charge in [0.15, 0.2) is 5.69 Å². The molecule has 28 heavy (non-hydrogen) atoms. The highest BCUT2D eigenvalue weighted by atomic mass is 19.4. The third kappa shape index (κ3) is 3.30. The fourth-order valence-electron chi connectivity index (χ4n) is 2.90. The zero-order chi connectivity index (χ0) is 20.5. The number of esters is 1. The Hall–Kier alpha value is -3.73. The number of methoxy groups -OCH3 is 1. The van der Waals surface area contributed by atoms with Crippen LogP contribution in [0.4, 0.5) is 18.9 Å². The minimum absolute atomic E-state index is 0.0255. The van der Waals surface area contributed by atoms with Crippen molar-refractivity contribution in [1.82, 2.24) is 4.57 Å². The van der Waals surface area contributed by atoms with Crippen molar-refractivity contribution < 1.29 is 22.7 Å². The zero-order valence-electron chi connectivity index (χ0n) is 14.6. The maximum Gasteiger partial charge on any atom is 0.417 e. The average Bonchev–Trinajstić information content (AvgIpc) is 3.03. The molecule has 142 valence electrons. The van der Waals surface area contributed by atoms with Gasteiger partial charge in [-0.05, 0) is 29.3 Å². The van der Waals surface area contributed by atoms with Crippen molar-refractivity contribution in [2.45, 2.75) is 6.18 Å². The van der Waals surface area contributed by atoms with Crippen molar-refractivity contribution >= 4 is 11.7 Å². The molecule has 0 spiro atoms. The molecule has 5 nitrogen and oxygen atoms in total. The molecule has 2 N–H and O–H groups in total. The highest BCUT2D eigenvalue weighted by molar-refractivity contribution is 5.96. The van der Waals surface area contributed by atoms with Gasteiger partial charge in [-0.25, -0.2) is 4.79 Å². The third-order valence-corrected chi connectivity index (χ3v) is 4.23. The van der Waals surface area contributed by atoms with Gasteiger partial charge in [0.1, 0.15) is 6.07 Å². The molecule has 0 aliphatic rings. The molecule has 0 aliphatic carbocycles. The summed E-state index contributed by atoms with van der Waals surface area (Å²) in [6.45, 7) is 0. The molecule has 0 saturated carbocycles. The van der Waals surface area contributed by atoms with Gasteiger partial charge in [0.2, 0.25) is 0 Å². The summed E-state index contributed by atoms with van der Waals surface area (Å²) >= 11 is 0. The molecule has 0 radical (unpaired) electrons. The van der Waals surface area contributed by atoms with Gasteiger partial charge in [-0.2, -0.15) is 18.4 Å². The van der Waals surface area contributed by atoms with E-state index in [0.29, 0.717) is 11.3 Å². The van der Waals surface area contributed by atoms with E-state index in [0.717, 1.165) is 6.07 Å². The second kappa shape index (κ2) is 7.12. The second-order valence-corrected chi connectivity index (χ2v) is 5.87. The van der Waals surface area contributed by atoms with Crippen molar-refractivity contribution in [2.75, 3.05) is 12.8 Å². The normalized spacial score (nSPS) is 11.1. The molecule has 1 aromatic heterocycles. The lowest BCUT2D eigenvalue weighted by Gasteiger charge is -2.14. The number of hydrogen-bond acceptors (Lipinski definition) is 4. The zero-order valence-corrected chi connectivity index (χ0v) is 14.6. The number of benzene rings is 2. The number of nitriles is 1. The molecule has 0 aliphatic heterocycles. The fourth-order valence-corrected chi connectivity index (χ4v) is 2.90. The molecular weight excluding hydrogens is 371 g/mol. The lowest BCUT2D eigenvalue weighted by atomic mass is 9.99. The average molecular weight is 385 g/mol. The van der Waals surface area contributed by atoms with Gasteiger partial charge in [-0.1, -0.05) is 30.3 Å². The first-order valence-corrected chi connectivity index (χ1v) is 8.04. The van der Waals surface area contributed by atoms with Crippen LogP contribution in [-0.4, -0.2) is 17.6 Å². The number of anilines is 1. The van der Waals surface area contributed by atoms with Gasteiger partial charge in [-0.15, -0.1) is 0 Å².